The number of halogens is 1. The molecule has 2 N–H and O–H groups in total. The van der Waals surface area contributed by atoms with Crippen LogP contribution in [-0.4, -0.2) is 33.6 Å². The van der Waals surface area contributed by atoms with E-state index in [4.69, 9.17) is 26.8 Å². The third-order valence-corrected chi connectivity index (χ3v) is 4.88. The van der Waals surface area contributed by atoms with Crippen molar-refractivity contribution >= 4 is 21.4 Å². The van der Waals surface area contributed by atoms with Gasteiger partial charge in [-0.3, -0.25) is 0 Å². The normalized spacial score (nSPS) is 11.4. The van der Waals surface area contributed by atoms with E-state index in [0.29, 0.717) is 29.5 Å². The van der Waals surface area contributed by atoms with Crippen LogP contribution in [0.3, 0.4) is 0 Å². The molecule has 0 fully saturated rings. The fraction of sp³-hybridized carbons (Fsp3) is 0.538. The van der Waals surface area contributed by atoms with Gasteiger partial charge >= 0.3 is 0 Å². The molecule has 0 aliphatic carbocycles. The van der Waals surface area contributed by atoms with Crippen molar-refractivity contribution in [3.63, 3.8) is 0 Å². The van der Waals surface area contributed by atoms with Gasteiger partial charge in [0.2, 0.25) is 0 Å². The molecule has 0 aliphatic heterocycles. The lowest BCUT2D eigenvalue weighted by molar-refractivity contribution is 0.294. The molecular weight excluding hydrogens is 302 g/mol. The summed E-state index contributed by atoms with van der Waals surface area (Å²) in [5.74, 6) is 1.16. The van der Waals surface area contributed by atoms with Gasteiger partial charge in [-0.25, -0.2) is 8.42 Å². The van der Waals surface area contributed by atoms with Crippen LogP contribution in [0.5, 0.6) is 11.5 Å². The quantitative estimate of drug-likeness (QED) is 0.741. The van der Waals surface area contributed by atoms with Crippen molar-refractivity contribution in [2.24, 2.45) is 5.73 Å². The number of methoxy groups -OCH3 is 1. The third kappa shape index (κ3) is 4.85. The lowest BCUT2D eigenvalue weighted by Gasteiger charge is -2.13. The van der Waals surface area contributed by atoms with Crippen LogP contribution < -0.4 is 15.2 Å². The molecule has 0 bridgehead atoms. The van der Waals surface area contributed by atoms with Gasteiger partial charge in [0, 0.05) is 12.3 Å². The summed E-state index contributed by atoms with van der Waals surface area (Å²) in [6.07, 6.45) is 0.411. The predicted octanol–water partition coefficient (Wildman–Crippen LogP) is 2.01. The first-order valence-electron chi connectivity index (χ1n) is 6.33. The van der Waals surface area contributed by atoms with Gasteiger partial charge < -0.3 is 15.2 Å². The maximum Gasteiger partial charge on any atom is 0.179 e. The van der Waals surface area contributed by atoms with Crippen LogP contribution in [-0.2, 0) is 16.4 Å². The van der Waals surface area contributed by atoms with E-state index in [1.165, 1.54) is 7.11 Å². The minimum absolute atomic E-state index is 0.102. The Bertz CT molecular complexity index is 546. The highest BCUT2D eigenvalue weighted by atomic mass is 35.5. The van der Waals surface area contributed by atoms with Crippen molar-refractivity contribution in [2.45, 2.75) is 19.9 Å². The minimum atomic E-state index is -2.97. The van der Waals surface area contributed by atoms with Crippen molar-refractivity contribution in [3.05, 3.63) is 22.7 Å². The van der Waals surface area contributed by atoms with Crippen molar-refractivity contribution in [3.8, 4) is 11.5 Å². The number of hydrogen-bond donors (Lipinski definition) is 1. The van der Waals surface area contributed by atoms with Crippen LogP contribution in [0.4, 0.5) is 0 Å². The Morgan fingerprint density at radius 3 is 2.60 bits per heavy atom. The van der Waals surface area contributed by atoms with E-state index < -0.39 is 9.84 Å². The first kappa shape index (κ1) is 17.1. The molecule has 20 heavy (non-hydrogen) atoms. The van der Waals surface area contributed by atoms with Gasteiger partial charge in [-0.05, 0) is 24.1 Å². The Hall–Kier alpha value is -0.980. The predicted molar refractivity (Wildman–Crippen MR) is 80.3 cm³/mol. The average molecular weight is 322 g/mol. The summed E-state index contributed by atoms with van der Waals surface area (Å²) >= 11 is 6.11. The molecule has 0 saturated heterocycles. The number of rotatable bonds is 8. The zero-order chi connectivity index (χ0) is 15.2. The van der Waals surface area contributed by atoms with Crippen molar-refractivity contribution < 1.29 is 17.9 Å². The zero-order valence-electron chi connectivity index (χ0n) is 11.7. The molecule has 0 amide bonds. The Kier molecular flexibility index (Phi) is 6.58. The summed E-state index contributed by atoms with van der Waals surface area (Å²) in [7, 11) is -1.46. The van der Waals surface area contributed by atoms with Gasteiger partial charge in [0.05, 0.1) is 24.5 Å². The zero-order valence-corrected chi connectivity index (χ0v) is 13.3. The van der Waals surface area contributed by atoms with E-state index in [0.717, 1.165) is 5.56 Å². The smallest absolute Gasteiger partial charge is 0.179 e. The van der Waals surface area contributed by atoms with Gasteiger partial charge in [-0.2, -0.15) is 0 Å². The summed E-state index contributed by atoms with van der Waals surface area (Å²) in [5, 5.41) is 0.406. The Labute approximate surface area is 124 Å². The van der Waals surface area contributed by atoms with Crippen molar-refractivity contribution in [1.82, 2.24) is 0 Å². The monoisotopic (exact) mass is 321 g/mol. The summed E-state index contributed by atoms with van der Waals surface area (Å²) in [6.45, 7) is 2.24. The van der Waals surface area contributed by atoms with E-state index in [9.17, 15) is 8.42 Å². The lowest BCUT2D eigenvalue weighted by Crippen LogP contribution is -2.12. The van der Waals surface area contributed by atoms with Crippen LogP contribution in [0.2, 0.25) is 5.02 Å². The molecule has 7 heteroatoms. The summed E-state index contributed by atoms with van der Waals surface area (Å²) in [6, 6.07) is 3.46. The third-order valence-electron chi connectivity index (χ3n) is 2.81. The highest BCUT2D eigenvalue weighted by Gasteiger charge is 2.12. The number of ether oxygens (including phenoxy) is 2. The van der Waals surface area contributed by atoms with Crippen molar-refractivity contribution in [1.29, 1.82) is 0 Å². The van der Waals surface area contributed by atoms with Crippen LogP contribution in [0.15, 0.2) is 12.1 Å². The van der Waals surface area contributed by atoms with Gasteiger partial charge in [-0.15, -0.1) is 0 Å². The van der Waals surface area contributed by atoms with E-state index in [-0.39, 0.29) is 18.1 Å². The molecule has 0 aromatic heterocycles. The first-order chi connectivity index (χ1) is 9.43. The molecule has 0 atom stereocenters. The average Bonchev–Trinajstić information content (AvgIpc) is 2.44. The molecule has 1 rings (SSSR count). The molecule has 0 saturated carbocycles. The molecule has 1 aromatic carbocycles. The molecule has 1 aromatic rings. The molecular formula is C13H20ClNO4S. The molecule has 5 nitrogen and oxygen atoms in total. The summed E-state index contributed by atoms with van der Waals surface area (Å²) in [4.78, 5) is 0. The second kappa shape index (κ2) is 7.71. The molecule has 114 valence electrons. The van der Waals surface area contributed by atoms with Crippen LogP contribution in [0.25, 0.3) is 0 Å². The summed E-state index contributed by atoms with van der Waals surface area (Å²) < 4.78 is 33.5. The van der Waals surface area contributed by atoms with Gasteiger partial charge in [0.15, 0.2) is 11.5 Å². The van der Waals surface area contributed by atoms with Crippen molar-refractivity contribution in [2.75, 3.05) is 25.2 Å². The molecule has 0 unspecified atom stereocenters. The van der Waals surface area contributed by atoms with Gasteiger partial charge in [0.1, 0.15) is 9.84 Å². The SMILES string of the molecule is CCS(=O)(=O)CCCOc1c(Cl)cc(CN)cc1OC. The molecule has 0 heterocycles. The summed E-state index contributed by atoms with van der Waals surface area (Å²) in [5.41, 5.74) is 6.40. The highest BCUT2D eigenvalue weighted by molar-refractivity contribution is 7.91. The maximum absolute atomic E-state index is 11.4. The lowest BCUT2D eigenvalue weighted by atomic mass is 10.2. The van der Waals surface area contributed by atoms with E-state index in [2.05, 4.69) is 0 Å². The Morgan fingerprint density at radius 1 is 1.35 bits per heavy atom. The van der Waals surface area contributed by atoms with Gasteiger partial charge in [0.25, 0.3) is 0 Å². The fourth-order valence-electron chi connectivity index (χ4n) is 1.63. The van der Waals surface area contributed by atoms with Crippen LogP contribution in [0, 0.1) is 0 Å². The minimum Gasteiger partial charge on any atom is -0.493 e. The van der Waals surface area contributed by atoms with Crippen LogP contribution in [0.1, 0.15) is 18.9 Å². The largest absolute Gasteiger partial charge is 0.493 e. The van der Waals surface area contributed by atoms with E-state index >= 15 is 0 Å². The second-order valence-corrected chi connectivity index (χ2v) is 7.13. The first-order valence-corrected chi connectivity index (χ1v) is 8.53. The number of nitrogens with two attached hydrogens (primary N) is 1. The van der Waals surface area contributed by atoms with Gasteiger partial charge in [-0.1, -0.05) is 18.5 Å². The maximum atomic E-state index is 11.4. The number of hydrogen-bond acceptors (Lipinski definition) is 5. The molecule has 0 aliphatic rings. The number of benzene rings is 1. The Balaban J connectivity index is 2.68. The molecule has 0 radical (unpaired) electrons. The molecule has 0 spiro atoms. The standard InChI is InChI=1S/C13H20ClNO4S/c1-3-20(16,17)6-4-5-19-13-11(14)7-10(9-15)8-12(13)18-2/h7-8H,3-6,9,15H2,1-2H3. The topological polar surface area (TPSA) is 78.6 Å². The highest BCUT2D eigenvalue weighted by Crippen LogP contribution is 2.36. The Morgan fingerprint density at radius 2 is 2.05 bits per heavy atom. The van der Waals surface area contributed by atoms with Crippen LogP contribution >= 0.6 is 11.6 Å². The van der Waals surface area contributed by atoms with E-state index in [1.807, 2.05) is 0 Å². The van der Waals surface area contributed by atoms with E-state index in [1.54, 1.807) is 19.1 Å². The number of sulfone groups is 1. The second-order valence-electron chi connectivity index (χ2n) is 4.25. The fourth-order valence-corrected chi connectivity index (χ4v) is 2.76.